The summed E-state index contributed by atoms with van der Waals surface area (Å²) in [5.41, 5.74) is 0.0748. The summed E-state index contributed by atoms with van der Waals surface area (Å²) in [6, 6.07) is 3.88. The van der Waals surface area contributed by atoms with Crippen molar-refractivity contribution in [1.29, 1.82) is 0 Å². The molecule has 0 aromatic carbocycles. The lowest BCUT2D eigenvalue weighted by atomic mass is 9.65. The molecule has 1 N–H and O–H groups in total. The lowest BCUT2D eigenvalue weighted by molar-refractivity contribution is -0.192. The van der Waals surface area contributed by atoms with Gasteiger partial charge in [-0.05, 0) is 68.4 Å². The fourth-order valence-electron chi connectivity index (χ4n) is 6.69. The van der Waals surface area contributed by atoms with Crippen LogP contribution in [0.1, 0.15) is 48.2 Å². The van der Waals surface area contributed by atoms with Crippen molar-refractivity contribution in [2.24, 2.45) is 16.7 Å². The van der Waals surface area contributed by atoms with Gasteiger partial charge in [0.25, 0.3) is 5.91 Å². The van der Waals surface area contributed by atoms with Gasteiger partial charge in [0.15, 0.2) is 0 Å². The number of amides is 2. The minimum absolute atomic E-state index is 0.168. The normalized spacial score (nSPS) is 28.1. The zero-order valence-corrected chi connectivity index (χ0v) is 20.7. The number of likely N-dealkylation sites (tertiary alicyclic amines) is 3. The molecule has 3 saturated heterocycles. The number of carbonyl (C=O) groups is 3. The van der Waals surface area contributed by atoms with E-state index in [0.29, 0.717) is 11.8 Å². The molecule has 1 aliphatic carbocycles. The molecule has 1 spiro atoms. The maximum atomic E-state index is 13.6. The van der Waals surface area contributed by atoms with Crippen molar-refractivity contribution in [3.63, 3.8) is 0 Å². The molecule has 0 radical (unpaired) electrons. The van der Waals surface area contributed by atoms with Gasteiger partial charge in [-0.15, -0.1) is 11.3 Å². The minimum atomic E-state index is -5.08. The van der Waals surface area contributed by atoms with Crippen molar-refractivity contribution in [3.05, 3.63) is 22.4 Å². The molecule has 194 valence electrons. The van der Waals surface area contributed by atoms with Gasteiger partial charge in [-0.3, -0.25) is 9.59 Å². The number of hydrogen-bond acceptors (Lipinski definition) is 5. The Balaban J connectivity index is 0.000000364. The second-order valence-corrected chi connectivity index (χ2v) is 11.3. The fraction of sp³-hybridized carbons (Fsp3) is 0.708. The van der Waals surface area contributed by atoms with Gasteiger partial charge in [0.1, 0.15) is 0 Å². The Hall–Kier alpha value is -2.14. The molecule has 0 bridgehead atoms. The summed E-state index contributed by atoms with van der Waals surface area (Å²) < 4.78 is 31.7. The van der Waals surface area contributed by atoms with Crippen molar-refractivity contribution in [1.82, 2.24) is 14.7 Å². The average molecular weight is 516 g/mol. The predicted molar refractivity (Wildman–Crippen MR) is 124 cm³/mol. The molecule has 5 rings (SSSR count). The van der Waals surface area contributed by atoms with Crippen LogP contribution in [0.3, 0.4) is 0 Å². The molecule has 1 saturated carbocycles. The third-order valence-corrected chi connectivity index (χ3v) is 9.22. The van der Waals surface area contributed by atoms with E-state index in [1.54, 1.807) is 0 Å². The Kier molecular flexibility index (Phi) is 7.21. The molecular weight excluding hydrogens is 483 g/mol. The molecule has 4 fully saturated rings. The standard InChI is InChI=1S/C22H31N3O2S.C2HF3O2/c1-23-15-18-21(6-7-22(18,16-23)20(27)25-10-2-3-11-25)8-12-24(13-9-21)19(26)17-5-4-14-28-17;3-2(4,5)1(6)7/h4-5,14,18H,2-3,6-13,15-16H2,1H3;(H,6,7)/t18-,22+;/m0./s1. The molecule has 4 heterocycles. The molecule has 3 aliphatic heterocycles. The number of carbonyl (C=O) groups excluding carboxylic acids is 2. The zero-order valence-electron chi connectivity index (χ0n) is 19.9. The number of carboxylic acids is 1. The summed E-state index contributed by atoms with van der Waals surface area (Å²) in [4.78, 5) is 42.7. The first-order valence-corrected chi connectivity index (χ1v) is 13.0. The molecule has 0 unspecified atom stereocenters. The maximum absolute atomic E-state index is 13.6. The van der Waals surface area contributed by atoms with E-state index in [1.165, 1.54) is 11.3 Å². The average Bonchev–Trinajstić information content (AvgIpc) is 3.60. The Morgan fingerprint density at radius 1 is 1.03 bits per heavy atom. The number of alkyl halides is 3. The largest absolute Gasteiger partial charge is 0.490 e. The van der Waals surface area contributed by atoms with Crippen LogP contribution in [0, 0.1) is 16.7 Å². The predicted octanol–water partition coefficient (Wildman–Crippen LogP) is 3.57. The number of halogens is 3. The highest BCUT2D eigenvalue weighted by Crippen LogP contribution is 2.62. The van der Waals surface area contributed by atoms with Crippen LogP contribution in [0.15, 0.2) is 17.5 Å². The van der Waals surface area contributed by atoms with Crippen molar-refractivity contribution >= 4 is 29.1 Å². The Bertz CT molecular complexity index is 940. The lowest BCUT2D eigenvalue weighted by Crippen LogP contribution is -2.50. The monoisotopic (exact) mass is 515 g/mol. The van der Waals surface area contributed by atoms with Gasteiger partial charge in [0.05, 0.1) is 10.3 Å². The molecule has 2 amide bonds. The molecule has 1 aromatic heterocycles. The van der Waals surface area contributed by atoms with E-state index in [9.17, 15) is 22.8 Å². The first kappa shape index (κ1) is 25.9. The first-order chi connectivity index (χ1) is 16.5. The summed E-state index contributed by atoms with van der Waals surface area (Å²) in [5, 5.41) is 9.10. The second-order valence-electron chi connectivity index (χ2n) is 10.3. The number of hydrogen-bond donors (Lipinski definition) is 1. The van der Waals surface area contributed by atoms with Gasteiger partial charge in [-0.2, -0.15) is 13.2 Å². The summed E-state index contributed by atoms with van der Waals surface area (Å²) >= 11 is 1.53. The van der Waals surface area contributed by atoms with Crippen LogP contribution in [0.5, 0.6) is 0 Å². The highest BCUT2D eigenvalue weighted by molar-refractivity contribution is 7.12. The van der Waals surface area contributed by atoms with E-state index in [4.69, 9.17) is 9.90 Å². The molecule has 35 heavy (non-hydrogen) atoms. The minimum Gasteiger partial charge on any atom is -0.475 e. The van der Waals surface area contributed by atoms with E-state index >= 15 is 0 Å². The number of aliphatic carboxylic acids is 1. The third kappa shape index (κ3) is 4.94. The number of fused-ring (bicyclic) bond motifs is 2. The van der Waals surface area contributed by atoms with E-state index in [1.807, 2.05) is 22.4 Å². The van der Waals surface area contributed by atoms with Crippen LogP contribution in [0.25, 0.3) is 0 Å². The van der Waals surface area contributed by atoms with Crippen molar-refractivity contribution < 1.29 is 32.7 Å². The number of piperidine rings is 1. The fourth-order valence-corrected chi connectivity index (χ4v) is 7.38. The highest BCUT2D eigenvalue weighted by atomic mass is 32.1. The van der Waals surface area contributed by atoms with Crippen molar-refractivity contribution in [2.75, 3.05) is 46.3 Å². The molecule has 1 aromatic rings. The Labute approximate surface area is 206 Å². The number of nitrogens with zero attached hydrogens (tertiary/aromatic N) is 3. The molecule has 2 atom stereocenters. The summed E-state index contributed by atoms with van der Waals surface area (Å²) in [6.07, 6.45) is 1.54. The Morgan fingerprint density at radius 3 is 2.20 bits per heavy atom. The molecule has 4 aliphatic rings. The van der Waals surface area contributed by atoms with Gasteiger partial charge in [-0.1, -0.05) is 6.07 Å². The van der Waals surface area contributed by atoms with Gasteiger partial charge in [-0.25, -0.2) is 4.79 Å². The van der Waals surface area contributed by atoms with Crippen LogP contribution in [0.2, 0.25) is 0 Å². The summed E-state index contributed by atoms with van der Waals surface area (Å²) in [5.74, 6) is -1.68. The Morgan fingerprint density at radius 2 is 1.66 bits per heavy atom. The number of rotatable bonds is 2. The SMILES string of the molecule is CN1C[C@H]2C3(CCN(C(=O)c4cccs4)CC3)CC[C@@]2(C(=O)N2CCCC2)C1.O=C(O)C(F)(F)F. The van der Waals surface area contributed by atoms with Gasteiger partial charge in [0.2, 0.25) is 5.91 Å². The van der Waals surface area contributed by atoms with Crippen LogP contribution in [-0.2, 0) is 9.59 Å². The summed E-state index contributed by atoms with van der Waals surface area (Å²) in [6.45, 7) is 5.54. The van der Waals surface area contributed by atoms with Crippen molar-refractivity contribution in [3.8, 4) is 0 Å². The molecule has 11 heteroatoms. The van der Waals surface area contributed by atoms with E-state index < -0.39 is 12.1 Å². The summed E-state index contributed by atoms with van der Waals surface area (Å²) in [7, 11) is 2.18. The number of carboxylic acid groups (broad SMARTS) is 1. The topological polar surface area (TPSA) is 81.2 Å². The van der Waals surface area contributed by atoms with Gasteiger partial charge < -0.3 is 19.8 Å². The third-order valence-electron chi connectivity index (χ3n) is 8.36. The van der Waals surface area contributed by atoms with E-state index in [0.717, 1.165) is 82.7 Å². The molecular formula is C24H32F3N3O4S. The molecule has 7 nitrogen and oxygen atoms in total. The number of thiophene rings is 1. The van der Waals surface area contributed by atoms with Crippen LogP contribution in [0.4, 0.5) is 13.2 Å². The van der Waals surface area contributed by atoms with Gasteiger partial charge >= 0.3 is 12.1 Å². The highest BCUT2D eigenvalue weighted by Gasteiger charge is 2.64. The maximum Gasteiger partial charge on any atom is 0.490 e. The first-order valence-electron chi connectivity index (χ1n) is 12.1. The van der Waals surface area contributed by atoms with Crippen LogP contribution < -0.4 is 0 Å². The second kappa shape index (κ2) is 9.72. The van der Waals surface area contributed by atoms with Crippen LogP contribution >= 0.6 is 11.3 Å². The van der Waals surface area contributed by atoms with Crippen molar-refractivity contribution in [2.45, 2.75) is 44.7 Å². The smallest absolute Gasteiger partial charge is 0.475 e. The van der Waals surface area contributed by atoms with E-state index in [2.05, 4.69) is 16.8 Å². The zero-order chi connectivity index (χ0) is 25.4. The van der Waals surface area contributed by atoms with Crippen LogP contribution in [-0.4, -0.2) is 90.1 Å². The van der Waals surface area contributed by atoms with Gasteiger partial charge in [0, 0.05) is 39.3 Å². The lowest BCUT2D eigenvalue weighted by Gasteiger charge is -2.44. The quantitative estimate of drug-likeness (QED) is 0.652. The van der Waals surface area contributed by atoms with E-state index in [-0.39, 0.29) is 16.7 Å².